The zero-order valence-electron chi connectivity index (χ0n) is 12.6. The molecule has 0 saturated carbocycles. The second kappa shape index (κ2) is 5.38. The summed E-state index contributed by atoms with van der Waals surface area (Å²) in [5.74, 6) is 0.179. The van der Waals surface area contributed by atoms with E-state index in [4.69, 9.17) is 11.6 Å². The fourth-order valence-electron chi connectivity index (χ4n) is 3.24. The number of aromatic nitrogens is 2. The average Bonchev–Trinajstić information content (AvgIpc) is 2.23. The lowest BCUT2D eigenvalue weighted by Crippen LogP contribution is -2.60. The maximum absolute atomic E-state index is 11.1. The smallest absolute Gasteiger partial charge is 0.348 e. The summed E-state index contributed by atoms with van der Waals surface area (Å²) < 4.78 is 0. The Morgan fingerprint density at radius 1 is 1.33 bits per heavy atom. The van der Waals surface area contributed by atoms with E-state index in [1.54, 1.807) is 0 Å². The lowest BCUT2D eigenvalue weighted by molar-refractivity contribution is -0.384. The molecular weight excluding hydrogens is 294 g/mol. The molecule has 2 rings (SSSR count). The van der Waals surface area contributed by atoms with E-state index in [0.29, 0.717) is 0 Å². The van der Waals surface area contributed by atoms with Crippen LogP contribution in [0.2, 0.25) is 5.15 Å². The molecule has 21 heavy (non-hydrogen) atoms. The maximum atomic E-state index is 11.1. The molecule has 0 radical (unpaired) electrons. The van der Waals surface area contributed by atoms with Gasteiger partial charge in [0.1, 0.15) is 6.33 Å². The predicted molar refractivity (Wildman–Crippen MR) is 81.6 cm³/mol. The van der Waals surface area contributed by atoms with Crippen molar-refractivity contribution in [1.29, 1.82) is 0 Å². The van der Waals surface area contributed by atoms with Gasteiger partial charge in [0.2, 0.25) is 11.0 Å². The van der Waals surface area contributed by atoms with Gasteiger partial charge in [0.25, 0.3) is 0 Å². The molecule has 0 spiro atoms. The Balaban J connectivity index is 2.26. The minimum absolute atomic E-state index is 0.0645. The van der Waals surface area contributed by atoms with Gasteiger partial charge in [-0.25, -0.2) is 9.97 Å². The van der Waals surface area contributed by atoms with Crippen LogP contribution in [0, 0.1) is 10.1 Å². The number of piperidine rings is 1. The normalized spacial score (nSPS) is 21.0. The van der Waals surface area contributed by atoms with Crippen molar-refractivity contribution >= 4 is 23.1 Å². The van der Waals surface area contributed by atoms with Gasteiger partial charge in [-0.05, 0) is 40.5 Å². The number of hydrogen-bond acceptors (Lipinski definition) is 6. The molecule has 2 N–H and O–H groups in total. The van der Waals surface area contributed by atoms with Crippen LogP contribution in [0.4, 0.5) is 11.5 Å². The van der Waals surface area contributed by atoms with E-state index in [0.717, 1.165) is 12.8 Å². The van der Waals surface area contributed by atoms with Gasteiger partial charge in [0, 0.05) is 17.1 Å². The maximum Gasteiger partial charge on any atom is 0.348 e. The predicted octanol–water partition coefficient (Wildman–Crippen LogP) is 2.76. The van der Waals surface area contributed by atoms with Crippen LogP contribution in [-0.4, -0.2) is 32.0 Å². The second-order valence-corrected chi connectivity index (χ2v) is 7.12. The summed E-state index contributed by atoms with van der Waals surface area (Å²) in [5, 5.41) is 17.7. The van der Waals surface area contributed by atoms with Crippen molar-refractivity contribution in [3.8, 4) is 0 Å². The Morgan fingerprint density at radius 2 is 1.90 bits per heavy atom. The van der Waals surface area contributed by atoms with Crippen molar-refractivity contribution in [2.45, 2.75) is 57.7 Å². The van der Waals surface area contributed by atoms with E-state index in [-0.39, 0.29) is 33.8 Å². The Labute approximate surface area is 128 Å². The van der Waals surface area contributed by atoms with E-state index >= 15 is 0 Å². The first kappa shape index (κ1) is 15.9. The summed E-state index contributed by atoms with van der Waals surface area (Å²) >= 11 is 5.81. The van der Waals surface area contributed by atoms with Crippen LogP contribution < -0.4 is 10.6 Å². The summed E-state index contributed by atoms with van der Waals surface area (Å²) in [5.41, 5.74) is -0.399. The summed E-state index contributed by atoms with van der Waals surface area (Å²) in [6, 6.07) is 0.0703. The summed E-state index contributed by atoms with van der Waals surface area (Å²) in [6.45, 7) is 8.46. The highest BCUT2D eigenvalue weighted by Crippen LogP contribution is 2.34. The van der Waals surface area contributed by atoms with Crippen LogP contribution in [0.5, 0.6) is 0 Å². The van der Waals surface area contributed by atoms with E-state index < -0.39 is 4.92 Å². The van der Waals surface area contributed by atoms with Gasteiger partial charge in [0.05, 0.1) is 4.92 Å². The lowest BCUT2D eigenvalue weighted by atomic mass is 9.79. The Kier molecular flexibility index (Phi) is 4.08. The van der Waals surface area contributed by atoms with Crippen LogP contribution in [0.1, 0.15) is 40.5 Å². The van der Waals surface area contributed by atoms with Gasteiger partial charge in [-0.15, -0.1) is 0 Å². The third-order valence-corrected chi connectivity index (χ3v) is 3.77. The standard InChI is InChI=1S/C13H20ClN5O2/c1-12(2)5-8(6-13(3,4)18-12)17-11-9(19(20)21)10(14)15-7-16-11/h7-8,18H,5-6H2,1-4H3,(H,15,16,17). The van der Waals surface area contributed by atoms with Crippen molar-refractivity contribution < 1.29 is 4.92 Å². The minimum Gasteiger partial charge on any atom is -0.361 e. The largest absolute Gasteiger partial charge is 0.361 e. The van der Waals surface area contributed by atoms with Gasteiger partial charge < -0.3 is 10.6 Å². The lowest BCUT2D eigenvalue weighted by Gasteiger charge is -2.46. The molecule has 0 amide bonds. The highest BCUT2D eigenvalue weighted by Gasteiger charge is 2.38. The highest BCUT2D eigenvalue weighted by molar-refractivity contribution is 6.31. The quantitative estimate of drug-likeness (QED) is 0.506. The number of nitrogens with zero attached hydrogens (tertiary/aromatic N) is 3. The number of hydrogen-bond donors (Lipinski definition) is 2. The Hall–Kier alpha value is -1.47. The molecule has 1 aromatic rings. The van der Waals surface area contributed by atoms with E-state index in [1.165, 1.54) is 6.33 Å². The third-order valence-electron chi connectivity index (χ3n) is 3.49. The summed E-state index contributed by atoms with van der Waals surface area (Å²) in [7, 11) is 0. The molecule has 0 atom stereocenters. The van der Waals surface area contributed by atoms with Crippen molar-refractivity contribution in [3.05, 3.63) is 21.6 Å². The fourth-order valence-corrected chi connectivity index (χ4v) is 3.44. The van der Waals surface area contributed by atoms with Crippen molar-refractivity contribution in [2.75, 3.05) is 5.32 Å². The first-order valence-electron chi connectivity index (χ1n) is 6.80. The minimum atomic E-state index is -0.554. The molecule has 1 aromatic heterocycles. The molecule has 2 heterocycles. The second-order valence-electron chi connectivity index (χ2n) is 6.76. The monoisotopic (exact) mass is 313 g/mol. The number of rotatable bonds is 3. The SMILES string of the molecule is CC1(C)CC(Nc2ncnc(Cl)c2[N+](=O)[O-])CC(C)(C)N1. The van der Waals surface area contributed by atoms with Crippen molar-refractivity contribution in [3.63, 3.8) is 0 Å². The van der Waals surface area contributed by atoms with Gasteiger partial charge in [-0.1, -0.05) is 11.6 Å². The van der Waals surface area contributed by atoms with Crippen molar-refractivity contribution in [2.24, 2.45) is 0 Å². The Bertz CT molecular complexity index is 545. The van der Waals surface area contributed by atoms with Crippen LogP contribution in [0.3, 0.4) is 0 Å². The fraction of sp³-hybridized carbons (Fsp3) is 0.692. The van der Waals surface area contributed by atoms with Gasteiger partial charge >= 0.3 is 5.69 Å². The molecule has 7 nitrogen and oxygen atoms in total. The molecule has 8 heteroatoms. The molecule has 1 aliphatic rings. The molecule has 1 saturated heterocycles. The van der Waals surface area contributed by atoms with E-state index in [9.17, 15) is 10.1 Å². The molecule has 0 unspecified atom stereocenters. The van der Waals surface area contributed by atoms with Crippen LogP contribution in [0.25, 0.3) is 0 Å². The molecule has 0 aromatic carbocycles. The van der Waals surface area contributed by atoms with Crippen molar-refractivity contribution in [1.82, 2.24) is 15.3 Å². The number of anilines is 1. The third kappa shape index (κ3) is 3.79. The van der Waals surface area contributed by atoms with Gasteiger partial charge in [-0.2, -0.15) is 0 Å². The van der Waals surface area contributed by atoms with Crippen LogP contribution >= 0.6 is 11.6 Å². The van der Waals surface area contributed by atoms with Crippen LogP contribution in [0.15, 0.2) is 6.33 Å². The summed E-state index contributed by atoms with van der Waals surface area (Å²) in [4.78, 5) is 18.2. The molecule has 0 bridgehead atoms. The molecule has 1 fully saturated rings. The number of nitro groups is 1. The number of halogens is 1. The number of nitrogens with one attached hydrogen (secondary N) is 2. The molecule has 0 aliphatic carbocycles. The van der Waals surface area contributed by atoms with E-state index in [1.807, 2.05) is 0 Å². The van der Waals surface area contributed by atoms with Gasteiger partial charge in [0.15, 0.2) is 0 Å². The zero-order chi connectivity index (χ0) is 15.8. The zero-order valence-corrected chi connectivity index (χ0v) is 13.4. The highest BCUT2D eigenvalue weighted by atomic mass is 35.5. The van der Waals surface area contributed by atoms with Gasteiger partial charge in [-0.3, -0.25) is 10.1 Å². The summed E-state index contributed by atoms with van der Waals surface area (Å²) in [6.07, 6.45) is 2.89. The topological polar surface area (TPSA) is 93.0 Å². The van der Waals surface area contributed by atoms with Crippen LogP contribution in [-0.2, 0) is 0 Å². The average molecular weight is 314 g/mol. The molecule has 116 valence electrons. The van der Waals surface area contributed by atoms with E-state index in [2.05, 4.69) is 48.3 Å². The first-order valence-corrected chi connectivity index (χ1v) is 7.18. The molecule has 1 aliphatic heterocycles. The Morgan fingerprint density at radius 3 is 2.43 bits per heavy atom. The first-order chi connectivity index (χ1) is 9.60. The molecular formula is C13H20ClN5O2.